The summed E-state index contributed by atoms with van der Waals surface area (Å²) < 4.78 is 10.1. The predicted octanol–water partition coefficient (Wildman–Crippen LogP) is 2.09. The zero-order valence-electron chi connectivity index (χ0n) is 12.6. The summed E-state index contributed by atoms with van der Waals surface area (Å²) in [6.45, 7) is 6.06. The third-order valence-electron chi connectivity index (χ3n) is 3.26. The first-order valence-electron chi connectivity index (χ1n) is 6.67. The summed E-state index contributed by atoms with van der Waals surface area (Å²) in [6, 6.07) is 2.02. The van der Waals surface area contributed by atoms with E-state index in [1.54, 1.807) is 20.8 Å². The zero-order valence-corrected chi connectivity index (χ0v) is 12.6. The van der Waals surface area contributed by atoms with Gasteiger partial charge >= 0.3 is 12.1 Å². The molecule has 1 unspecified atom stereocenters. The van der Waals surface area contributed by atoms with E-state index in [2.05, 4.69) is 0 Å². The molecule has 0 saturated carbocycles. The molecule has 0 N–H and O–H groups in total. The number of methoxy groups -OCH3 is 1. The van der Waals surface area contributed by atoms with E-state index in [9.17, 15) is 9.59 Å². The molecule has 1 fully saturated rings. The Bertz CT molecular complexity index is 422. The molecule has 0 radical (unpaired) electrons. The molecular weight excluding hydrogens is 260 g/mol. The molecule has 1 atom stereocenters. The topological polar surface area (TPSA) is 79.6 Å². The summed E-state index contributed by atoms with van der Waals surface area (Å²) in [5, 5.41) is 8.95. The average molecular weight is 282 g/mol. The summed E-state index contributed by atoms with van der Waals surface area (Å²) in [5.74, 6) is -0.438. The number of carbonyl (C=O) groups excluding carboxylic acids is 2. The molecule has 0 aromatic heterocycles. The second-order valence-electron chi connectivity index (χ2n) is 6.11. The molecule has 0 spiro atoms. The Labute approximate surface area is 119 Å². The molecule has 1 aliphatic rings. The van der Waals surface area contributed by atoms with Gasteiger partial charge in [-0.15, -0.1) is 0 Å². The van der Waals surface area contributed by atoms with Gasteiger partial charge in [0.15, 0.2) is 0 Å². The highest BCUT2D eigenvalue weighted by molar-refractivity contribution is 5.79. The Morgan fingerprint density at radius 3 is 2.55 bits per heavy atom. The van der Waals surface area contributed by atoms with Crippen LogP contribution in [0.2, 0.25) is 0 Å². The average Bonchev–Trinajstić information content (AvgIpc) is 2.36. The molecule has 1 aliphatic heterocycles. The quantitative estimate of drug-likeness (QED) is 0.724. The first-order valence-corrected chi connectivity index (χ1v) is 6.67. The number of hydrogen-bond donors (Lipinski definition) is 0. The summed E-state index contributed by atoms with van der Waals surface area (Å²) in [7, 11) is 1.30. The summed E-state index contributed by atoms with van der Waals surface area (Å²) in [4.78, 5) is 25.6. The smallest absolute Gasteiger partial charge is 0.410 e. The molecule has 1 amide bonds. The van der Waals surface area contributed by atoms with E-state index in [4.69, 9.17) is 14.7 Å². The lowest BCUT2D eigenvalue weighted by molar-refractivity contribution is -0.155. The molecule has 0 bridgehead atoms. The number of carbonyl (C=O) groups is 2. The number of piperidine rings is 1. The second-order valence-corrected chi connectivity index (χ2v) is 6.11. The van der Waals surface area contributed by atoms with Crippen LogP contribution in [0.5, 0.6) is 0 Å². The van der Waals surface area contributed by atoms with Crippen molar-refractivity contribution in [3.63, 3.8) is 0 Å². The maximum absolute atomic E-state index is 12.1. The van der Waals surface area contributed by atoms with Crippen LogP contribution in [0.15, 0.2) is 0 Å². The van der Waals surface area contributed by atoms with Gasteiger partial charge in [-0.2, -0.15) is 5.26 Å². The van der Waals surface area contributed by atoms with E-state index < -0.39 is 23.1 Å². The molecule has 1 saturated heterocycles. The molecule has 20 heavy (non-hydrogen) atoms. The van der Waals surface area contributed by atoms with Gasteiger partial charge in [-0.25, -0.2) is 4.79 Å². The molecule has 1 heterocycles. The lowest BCUT2D eigenvalue weighted by Crippen LogP contribution is -2.51. The highest BCUT2D eigenvalue weighted by atomic mass is 16.6. The molecule has 0 aromatic rings. The van der Waals surface area contributed by atoms with Gasteiger partial charge in [0.05, 0.1) is 25.0 Å². The number of nitriles is 1. The van der Waals surface area contributed by atoms with Crippen molar-refractivity contribution in [3.05, 3.63) is 0 Å². The Kier molecular flexibility index (Phi) is 4.98. The molecule has 0 aromatic carbocycles. The normalized spacial score (nSPS) is 22.9. The van der Waals surface area contributed by atoms with Gasteiger partial charge in [-0.1, -0.05) is 0 Å². The van der Waals surface area contributed by atoms with E-state index in [1.165, 1.54) is 12.0 Å². The first kappa shape index (κ1) is 16.3. The van der Waals surface area contributed by atoms with Crippen molar-refractivity contribution in [1.29, 1.82) is 5.26 Å². The van der Waals surface area contributed by atoms with Crippen molar-refractivity contribution < 1.29 is 19.1 Å². The fraction of sp³-hybridized carbons (Fsp3) is 0.786. The van der Waals surface area contributed by atoms with Crippen molar-refractivity contribution in [2.75, 3.05) is 20.2 Å². The van der Waals surface area contributed by atoms with E-state index in [0.717, 1.165) is 0 Å². The number of esters is 1. The predicted molar refractivity (Wildman–Crippen MR) is 71.7 cm³/mol. The number of likely N-dealkylation sites (tertiary alicyclic amines) is 1. The Morgan fingerprint density at radius 1 is 1.40 bits per heavy atom. The van der Waals surface area contributed by atoms with Crippen molar-refractivity contribution in [2.45, 2.75) is 45.6 Å². The van der Waals surface area contributed by atoms with Crippen LogP contribution in [0.3, 0.4) is 0 Å². The highest BCUT2D eigenvalue weighted by Gasteiger charge is 2.45. The number of rotatable bonds is 2. The fourth-order valence-electron chi connectivity index (χ4n) is 2.36. The number of nitrogens with zero attached hydrogens (tertiary/aromatic N) is 2. The van der Waals surface area contributed by atoms with Crippen molar-refractivity contribution >= 4 is 12.1 Å². The van der Waals surface area contributed by atoms with Crippen molar-refractivity contribution in [1.82, 2.24) is 4.90 Å². The van der Waals surface area contributed by atoms with Gasteiger partial charge in [0.25, 0.3) is 0 Å². The van der Waals surface area contributed by atoms with Crippen LogP contribution in [-0.2, 0) is 14.3 Å². The minimum Gasteiger partial charge on any atom is -0.469 e. The van der Waals surface area contributed by atoms with Gasteiger partial charge in [0.1, 0.15) is 5.60 Å². The molecular formula is C14H22N2O4. The number of amides is 1. The van der Waals surface area contributed by atoms with Crippen LogP contribution in [0.4, 0.5) is 4.79 Å². The van der Waals surface area contributed by atoms with E-state index >= 15 is 0 Å². The van der Waals surface area contributed by atoms with Gasteiger partial charge in [0.2, 0.25) is 0 Å². The largest absolute Gasteiger partial charge is 0.469 e. The van der Waals surface area contributed by atoms with Gasteiger partial charge < -0.3 is 14.4 Å². The lowest BCUT2D eigenvalue weighted by Gasteiger charge is -2.39. The molecule has 0 aliphatic carbocycles. The molecule has 6 heteroatoms. The Morgan fingerprint density at radius 2 is 2.05 bits per heavy atom. The standard InChI is InChI=1S/C14H22N2O4/c1-13(2,3)20-12(18)16-9-5-6-14(10-16,7-8-15)11(17)19-4/h5-7,9-10H2,1-4H3. The van der Waals surface area contributed by atoms with Gasteiger partial charge in [-0.05, 0) is 33.6 Å². The van der Waals surface area contributed by atoms with E-state index in [-0.39, 0.29) is 13.0 Å². The number of hydrogen-bond acceptors (Lipinski definition) is 5. The monoisotopic (exact) mass is 282 g/mol. The first-order chi connectivity index (χ1) is 9.24. The second kappa shape index (κ2) is 6.12. The van der Waals surface area contributed by atoms with E-state index in [0.29, 0.717) is 19.4 Å². The van der Waals surface area contributed by atoms with Crippen LogP contribution in [0.25, 0.3) is 0 Å². The zero-order chi connectivity index (χ0) is 15.4. The fourth-order valence-corrected chi connectivity index (χ4v) is 2.36. The van der Waals surface area contributed by atoms with Gasteiger partial charge in [-0.3, -0.25) is 4.79 Å². The third kappa shape index (κ3) is 3.86. The summed E-state index contributed by atoms with van der Waals surface area (Å²) in [6.07, 6.45) is 0.782. The Hall–Kier alpha value is -1.77. The molecule has 112 valence electrons. The maximum atomic E-state index is 12.1. The van der Waals surface area contributed by atoms with Crippen LogP contribution in [-0.4, -0.2) is 42.8 Å². The Balaban J connectivity index is 2.85. The lowest BCUT2D eigenvalue weighted by atomic mass is 9.77. The van der Waals surface area contributed by atoms with Crippen molar-refractivity contribution in [3.8, 4) is 6.07 Å². The summed E-state index contributed by atoms with van der Waals surface area (Å²) in [5.41, 5.74) is -1.52. The van der Waals surface area contributed by atoms with Crippen LogP contribution >= 0.6 is 0 Å². The van der Waals surface area contributed by atoms with Crippen LogP contribution < -0.4 is 0 Å². The van der Waals surface area contributed by atoms with Crippen molar-refractivity contribution in [2.24, 2.45) is 5.41 Å². The minimum absolute atomic E-state index is 0.0406. The molecule has 1 rings (SSSR count). The van der Waals surface area contributed by atoms with Gasteiger partial charge in [0, 0.05) is 13.1 Å². The van der Waals surface area contributed by atoms with Crippen LogP contribution in [0, 0.1) is 16.7 Å². The number of ether oxygens (including phenoxy) is 2. The molecule has 6 nitrogen and oxygen atoms in total. The highest BCUT2D eigenvalue weighted by Crippen LogP contribution is 2.35. The third-order valence-corrected chi connectivity index (χ3v) is 3.26. The van der Waals surface area contributed by atoms with E-state index in [1.807, 2.05) is 6.07 Å². The van der Waals surface area contributed by atoms with Crippen LogP contribution in [0.1, 0.15) is 40.0 Å². The SMILES string of the molecule is COC(=O)C1(CC#N)CCCN(C(=O)OC(C)(C)C)C1. The summed E-state index contributed by atoms with van der Waals surface area (Å²) >= 11 is 0. The maximum Gasteiger partial charge on any atom is 0.410 e. The minimum atomic E-state index is -0.932.